The lowest BCUT2D eigenvalue weighted by Gasteiger charge is -2.26. The Labute approximate surface area is 115 Å². The van der Waals surface area contributed by atoms with Gasteiger partial charge in [0.25, 0.3) is 0 Å². The van der Waals surface area contributed by atoms with Gasteiger partial charge in [0, 0.05) is 31.2 Å². The Hall–Kier alpha value is -1.64. The van der Waals surface area contributed by atoms with E-state index in [2.05, 4.69) is 41.4 Å². The van der Waals surface area contributed by atoms with Crippen molar-refractivity contribution in [2.45, 2.75) is 26.2 Å². The normalized spacial score (nSPS) is 20.9. The van der Waals surface area contributed by atoms with Crippen molar-refractivity contribution in [2.75, 3.05) is 24.5 Å². The maximum Gasteiger partial charge on any atom is 0.0923 e. The quantitative estimate of drug-likeness (QED) is 0.867. The molecule has 3 N–H and O–H groups in total. The minimum absolute atomic E-state index is 0.521. The average Bonchev–Trinajstić information content (AvgIpc) is 3.03. The summed E-state index contributed by atoms with van der Waals surface area (Å²) < 4.78 is 0. The van der Waals surface area contributed by atoms with Crippen LogP contribution in [0.25, 0.3) is 0 Å². The molecule has 0 bridgehead atoms. The number of benzene rings is 1. The molecular weight excluding hydrogens is 234 g/mol. The lowest BCUT2D eigenvalue weighted by atomic mass is 10.1. The molecule has 1 aliphatic heterocycles. The molecule has 0 radical (unpaired) electrons. The zero-order valence-corrected chi connectivity index (χ0v) is 11.7. The standard InChI is InChI=1S/C16H23N3/c1-2-19(11-12-8-16(17)18-10-12)15-7-6-13-4-3-5-14(13)9-15/h6-9,12,18H,2-5,10-11,17H2,1H3/t12-/m0/s1. The van der Waals surface area contributed by atoms with E-state index < -0.39 is 0 Å². The Balaban J connectivity index is 1.75. The van der Waals surface area contributed by atoms with Gasteiger partial charge in [-0.25, -0.2) is 0 Å². The van der Waals surface area contributed by atoms with Crippen molar-refractivity contribution in [1.82, 2.24) is 5.32 Å². The second-order valence-corrected chi connectivity index (χ2v) is 5.61. The van der Waals surface area contributed by atoms with Gasteiger partial charge in [0.05, 0.1) is 5.82 Å². The lowest BCUT2D eigenvalue weighted by Crippen LogP contribution is -2.30. The minimum atomic E-state index is 0.521. The molecule has 0 fully saturated rings. The summed E-state index contributed by atoms with van der Waals surface area (Å²) in [6.45, 7) is 5.28. The molecular formula is C16H23N3. The fourth-order valence-corrected chi connectivity index (χ4v) is 3.19. The first-order valence-corrected chi connectivity index (χ1v) is 7.34. The number of nitrogens with two attached hydrogens (primary N) is 1. The number of anilines is 1. The van der Waals surface area contributed by atoms with Crippen LogP contribution in [0.15, 0.2) is 30.1 Å². The lowest BCUT2D eigenvalue weighted by molar-refractivity contribution is 0.623. The molecule has 102 valence electrons. The summed E-state index contributed by atoms with van der Waals surface area (Å²) in [4.78, 5) is 2.46. The van der Waals surface area contributed by atoms with Gasteiger partial charge in [0.15, 0.2) is 0 Å². The highest BCUT2D eigenvalue weighted by molar-refractivity contribution is 5.52. The van der Waals surface area contributed by atoms with Crippen molar-refractivity contribution >= 4 is 5.69 Å². The van der Waals surface area contributed by atoms with E-state index in [0.29, 0.717) is 5.92 Å². The summed E-state index contributed by atoms with van der Waals surface area (Å²) >= 11 is 0. The Bertz CT molecular complexity index is 493. The molecule has 3 nitrogen and oxygen atoms in total. The van der Waals surface area contributed by atoms with Gasteiger partial charge in [-0.15, -0.1) is 0 Å². The molecule has 1 aliphatic carbocycles. The predicted molar refractivity (Wildman–Crippen MR) is 80.1 cm³/mol. The Morgan fingerprint density at radius 1 is 1.32 bits per heavy atom. The summed E-state index contributed by atoms with van der Waals surface area (Å²) in [5, 5.41) is 3.20. The molecule has 1 aromatic carbocycles. The second kappa shape index (κ2) is 5.16. The summed E-state index contributed by atoms with van der Waals surface area (Å²) in [5.41, 5.74) is 10.2. The fourth-order valence-electron chi connectivity index (χ4n) is 3.19. The molecule has 0 saturated heterocycles. The van der Waals surface area contributed by atoms with Crippen molar-refractivity contribution in [1.29, 1.82) is 0 Å². The number of nitrogens with one attached hydrogen (secondary N) is 1. The third-order valence-electron chi connectivity index (χ3n) is 4.27. The van der Waals surface area contributed by atoms with Gasteiger partial charge in [-0.3, -0.25) is 0 Å². The summed E-state index contributed by atoms with van der Waals surface area (Å²) in [5.74, 6) is 1.35. The van der Waals surface area contributed by atoms with Crippen LogP contribution in [0.4, 0.5) is 5.69 Å². The minimum Gasteiger partial charge on any atom is -0.386 e. The first-order chi connectivity index (χ1) is 9.26. The van der Waals surface area contributed by atoms with Gasteiger partial charge in [-0.2, -0.15) is 0 Å². The van der Waals surface area contributed by atoms with Gasteiger partial charge in [0.2, 0.25) is 0 Å². The van der Waals surface area contributed by atoms with E-state index in [-0.39, 0.29) is 0 Å². The fraction of sp³-hybridized carbons (Fsp3) is 0.500. The summed E-state index contributed by atoms with van der Waals surface area (Å²) in [7, 11) is 0. The first-order valence-electron chi connectivity index (χ1n) is 7.34. The molecule has 19 heavy (non-hydrogen) atoms. The van der Waals surface area contributed by atoms with Crippen LogP contribution in [0.1, 0.15) is 24.5 Å². The third-order valence-corrected chi connectivity index (χ3v) is 4.27. The van der Waals surface area contributed by atoms with Crippen LogP contribution in [0, 0.1) is 5.92 Å². The monoisotopic (exact) mass is 257 g/mol. The Morgan fingerprint density at radius 3 is 2.89 bits per heavy atom. The van der Waals surface area contributed by atoms with Crippen molar-refractivity contribution in [3.8, 4) is 0 Å². The van der Waals surface area contributed by atoms with Gasteiger partial charge in [-0.1, -0.05) is 6.07 Å². The van der Waals surface area contributed by atoms with Crippen molar-refractivity contribution < 1.29 is 0 Å². The van der Waals surface area contributed by atoms with Gasteiger partial charge >= 0.3 is 0 Å². The molecule has 0 amide bonds. The van der Waals surface area contributed by atoms with Crippen molar-refractivity contribution in [3.63, 3.8) is 0 Å². The maximum atomic E-state index is 5.79. The second-order valence-electron chi connectivity index (χ2n) is 5.61. The van der Waals surface area contributed by atoms with Crippen LogP contribution in [0.3, 0.4) is 0 Å². The van der Waals surface area contributed by atoms with Gasteiger partial charge < -0.3 is 16.0 Å². The molecule has 0 spiro atoms. The SMILES string of the molecule is CCN(C[C@H]1C=C(N)NC1)c1ccc2c(c1)CCC2. The third kappa shape index (κ3) is 2.55. The molecule has 1 atom stereocenters. The smallest absolute Gasteiger partial charge is 0.0923 e. The highest BCUT2D eigenvalue weighted by Crippen LogP contribution is 2.27. The van der Waals surface area contributed by atoms with Gasteiger partial charge in [0.1, 0.15) is 0 Å². The number of hydrogen-bond donors (Lipinski definition) is 2. The zero-order chi connectivity index (χ0) is 13.2. The number of fused-ring (bicyclic) bond motifs is 1. The van der Waals surface area contributed by atoms with Gasteiger partial charge in [-0.05, 0) is 55.5 Å². The van der Waals surface area contributed by atoms with Crippen LogP contribution in [0.5, 0.6) is 0 Å². The largest absolute Gasteiger partial charge is 0.386 e. The molecule has 1 aromatic rings. The number of rotatable bonds is 4. The van der Waals surface area contributed by atoms with E-state index in [1.807, 2.05) is 0 Å². The average molecular weight is 257 g/mol. The zero-order valence-electron chi connectivity index (χ0n) is 11.7. The first kappa shape index (κ1) is 12.4. The molecule has 0 aromatic heterocycles. The predicted octanol–water partition coefficient (Wildman–Crippen LogP) is 2.02. The van der Waals surface area contributed by atoms with Crippen molar-refractivity contribution in [3.05, 3.63) is 41.2 Å². The van der Waals surface area contributed by atoms with Crippen LogP contribution in [-0.2, 0) is 12.8 Å². The van der Waals surface area contributed by atoms with E-state index in [9.17, 15) is 0 Å². The number of aryl methyl sites for hydroxylation is 2. The summed E-state index contributed by atoms with van der Waals surface area (Å²) in [6, 6.07) is 6.99. The summed E-state index contributed by atoms with van der Waals surface area (Å²) in [6.07, 6.45) is 5.97. The van der Waals surface area contributed by atoms with Crippen LogP contribution in [-0.4, -0.2) is 19.6 Å². The van der Waals surface area contributed by atoms with Crippen LogP contribution in [0.2, 0.25) is 0 Å². The van der Waals surface area contributed by atoms with E-state index in [1.54, 1.807) is 11.1 Å². The van der Waals surface area contributed by atoms with Crippen molar-refractivity contribution in [2.24, 2.45) is 11.7 Å². The number of nitrogens with zero attached hydrogens (tertiary/aromatic N) is 1. The maximum absolute atomic E-state index is 5.79. The molecule has 1 heterocycles. The van der Waals surface area contributed by atoms with E-state index in [1.165, 1.54) is 24.9 Å². The molecule has 2 aliphatic rings. The topological polar surface area (TPSA) is 41.3 Å². The number of hydrogen-bond acceptors (Lipinski definition) is 3. The molecule has 0 unspecified atom stereocenters. The highest BCUT2D eigenvalue weighted by Gasteiger charge is 2.18. The van der Waals surface area contributed by atoms with E-state index >= 15 is 0 Å². The van der Waals surface area contributed by atoms with E-state index in [0.717, 1.165) is 25.5 Å². The van der Waals surface area contributed by atoms with Crippen LogP contribution < -0.4 is 16.0 Å². The van der Waals surface area contributed by atoms with Crippen LogP contribution >= 0.6 is 0 Å². The Kier molecular flexibility index (Phi) is 3.36. The molecule has 3 rings (SSSR count). The van der Waals surface area contributed by atoms with E-state index in [4.69, 9.17) is 5.73 Å². The Morgan fingerprint density at radius 2 is 2.16 bits per heavy atom. The molecule has 0 saturated carbocycles. The molecule has 3 heteroatoms. The highest BCUT2D eigenvalue weighted by atomic mass is 15.1.